The first kappa shape index (κ1) is 24.0. The smallest absolute Gasteiger partial charge is 0.191 e. The molecule has 32 heavy (non-hydrogen) atoms. The van der Waals surface area contributed by atoms with Crippen molar-refractivity contribution >= 4 is 5.96 Å². The first-order chi connectivity index (χ1) is 15.6. The number of ether oxygens (including phenoxy) is 2. The van der Waals surface area contributed by atoms with Crippen LogP contribution in [0.4, 0.5) is 0 Å². The van der Waals surface area contributed by atoms with Gasteiger partial charge in [0, 0.05) is 32.7 Å². The van der Waals surface area contributed by atoms with Crippen molar-refractivity contribution in [3.63, 3.8) is 0 Å². The normalized spacial score (nSPS) is 16.9. The lowest BCUT2D eigenvalue weighted by atomic mass is 10.1. The molecule has 1 aliphatic heterocycles. The number of para-hydroxylation sites is 1. The van der Waals surface area contributed by atoms with E-state index in [-0.39, 0.29) is 0 Å². The summed E-state index contributed by atoms with van der Waals surface area (Å²) in [4.78, 5) is 6.98. The van der Waals surface area contributed by atoms with Crippen molar-refractivity contribution in [3.05, 3.63) is 65.7 Å². The van der Waals surface area contributed by atoms with Crippen molar-refractivity contribution in [2.75, 3.05) is 45.9 Å². The van der Waals surface area contributed by atoms with Gasteiger partial charge in [0.2, 0.25) is 0 Å². The molecule has 7 nitrogen and oxygen atoms in total. The van der Waals surface area contributed by atoms with Gasteiger partial charge in [-0.25, -0.2) is 4.99 Å². The van der Waals surface area contributed by atoms with Gasteiger partial charge >= 0.3 is 0 Å². The van der Waals surface area contributed by atoms with Crippen LogP contribution in [-0.4, -0.2) is 67.5 Å². The van der Waals surface area contributed by atoms with Gasteiger partial charge in [0.05, 0.1) is 25.4 Å². The molecule has 1 saturated heterocycles. The van der Waals surface area contributed by atoms with Gasteiger partial charge in [-0.05, 0) is 37.1 Å². The maximum atomic E-state index is 10.8. The lowest BCUT2D eigenvalue weighted by Crippen LogP contribution is -2.52. The van der Waals surface area contributed by atoms with E-state index in [4.69, 9.17) is 14.5 Å². The van der Waals surface area contributed by atoms with Gasteiger partial charge in [0.1, 0.15) is 12.4 Å². The minimum Gasteiger partial charge on any atom is -0.489 e. The number of hydrogen-bond acceptors (Lipinski definition) is 5. The first-order valence-electron chi connectivity index (χ1n) is 11.3. The lowest BCUT2D eigenvalue weighted by Gasteiger charge is -2.34. The standard InChI is InChI=1S/C25H36N4O3/c1-3-26-24(28-19-25(2,30)20-29-13-15-31-16-14-29)27-17-21-9-7-8-10-22(21)18-32-23-11-5-4-6-12-23/h4-12,30H,3,13-20H2,1-2H3,(H2,26,27,28). The summed E-state index contributed by atoms with van der Waals surface area (Å²) < 4.78 is 11.3. The third-order valence-corrected chi connectivity index (χ3v) is 5.31. The van der Waals surface area contributed by atoms with Gasteiger partial charge in [-0.15, -0.1) is 0 Å². The van der Waals surface area contributed by atoms with E-state index in [9.17, 15) is 5.11 Å². The van der Waals surface area contributed by atoms with Gasteiger partial charge in [-0.2, -0.15) is 0 Å². The highest BCUT2D eigenvalue weighted by Crippen LogP contribution is 2.15. The molecule has 1 atom stereocenters. The summed E-state index contributed by atoms with van der Waals surface area (Å²) in [6.45, 7) is 9.82. The quantitative estimate of drug-likeness (QED) is 0.389. The molecule has 174 valence electrons. The molecule has 3 N–H and O–H groups in total. The summed E-state index contributed by atoms with van der Waals surface area (Å²) in [5.74, 6) is 1.54. The van der Waals surface area contributed by atoms with Crippen molar-refractivity contribution in [2.24, 2.45) is 4.99 Å². The highest BCUT2D eigenvalue weighted by Gasteiger charge is 2.25. The van der Waals surface area contributed by atoms with Gasteiger partial charge < -0.3 is 25.2 Å². The number of nitrogens with zero attached hydrogens (tertiary/aromatic N) is 2. The highest BCUT2D eigenvalue weighted by atomic mass is 16.5. The van der Waals surface area contributed by atoms with Crippen molar-refractivity contribution in [1.29, 1.82) is 0 Å². The van der Waals surface area contributed by atoms with Crippen LogP contribution in [0.1, 0.15) is 25.0 Å². The Labute approximate surface area is 191 Å². The number of rotatable bonds is 10. The highest BCUT2D eigenvalue weighted by molar-refractivity contribution is 5.79. The maximum absolute atomic E-state index is 10.8. The third-order valence-electron chi connectivity index (χ3n) is 5.31. The number of aliphatic imine (C=N–C) groups is 1. The van der Waals surface area contributed by atoms with Crippen molar-refractivity contribution < 1.29 is 14.6 Å². The van der Waals surface area contributed by atoms with Gasteiger partial charge in [0.25, 0.3) is 0 Å². The lowest BCUT2D eigenvalue weighted by molar-refractivity contribution is -0.0201. The van der Waals surface area contributed by atoms with Crippen LogP contribution in [0.3, 0.4) is 0 Å². The second-order valence-electron chi connectivity index (χ2n) is 8.30. The molecule has 0 radical (unpaired) electrons. The average Bonchev–Trinajstić information content (AvgIpc) is 2.81. The van der Waals surface area contributed by atoms with Crippen molar-refractivity contribution in [3.8, 4) is 5.75 Å². The molecule has 1 aliphatic rings. The van der Waals surface area contributed by atoms with E-state index in [2.05, 4.69) is 27.7 Å². The number of benzene rings is 2. The fourth-order valence-electron chi connectivity index (χ4n) is 3.61. The minimum absolute atomic E-state index is 0.412. The van der Waals surface area contributed by atoms with Crippen LogP contribution in [0.5, 0.6) is 5.75 Å². The summed E-state index contributed by atoms with van der Waals surface area (Å²) in [6, 6.07) is 18.0. The summed E-state index contributed by atoms with van der Waals surface area (Å²) in [6.07, 6.45) is 0. The minimum atomic E-state index is -0.866. The summed E-state index contributed by atoms with van der Waals surface area (Å²) in [5.41, 5.74) is 1.35. The number of hydrogen-bond donors (Lipinski definition) is 3. The number of β-amino-alcohol motifs (C(OH)–C–C–N with tert-alkyl or cyclic N) is 1. The van der Waals surface area contributed by atoms with Crippen LogP contribution >= 0.6 is 0 Å². The number of guanidine groups is 1. The Balaban J connectivity index is 1.57. The van der Waals surface area contributed by atoms with E-state index in [1.165, 1.54) is 0 Å². The van der Waals surface area contributed by atoms with Crippen LogP contribution in [0.25, 0.3) is 0 Å². The van der Waals surface area contributed by atoms with Crippen molar-refractivity contribution in [1.82, 2.24) is 15.5 Å². The third kappa shape index (κ3) is 8.15. The van der Waals surface area contributed by atoms with E-state index >= 15 is 0 Å². The first-order valence-corrected chi connectivity index (χ1v) is 11.3. The molecule has 1 unspecified atom stereocenters. The summed E-state index contributed by atoms with van der Waals surface area (Å²) >= 11 is 0. The molecule has 1 fully saturated rings. The monoisotopic (exact) mass is 440 g/mol. The summed E-state index contributed by atoms with van der Waals surface area (Å²) in [7, 11) is 0. The van der Waals surface area contributed by atoms with Crippen LogP contribution in [0.2, 0.25) is 0 Å². The Morgan fingerprint density at radius 1 is 1.06 bits per heavy atom. The molecule has 0 amide bonds. The second-order valence-corrected chi connectivity index (χ2v) is 8.30. The fraction of sp³-hybridized carbons (Fsp3) is 0.480. The summed E-state index contributed by atoms with van der Waals surface area (Å²) in [5, 5.41) is 17.4. The zero-order valence-corrected chi connectivity index (χ0v) is 19.2. The molecule has 0 saturated carbocycles. The molecule has 3 rings (SSSR count). The Morgan fingerprint density at radius 3 is 2.47 bits per heavy atom. The number of nitrogens with one attached hydrogen (secondary N) is 2. The van der Waals surface area contributed by atoms with Crippen LogP contribution in [0, 0.1) is 0 Å². The van der Waals surface area contributed by atoms with E-state index in [1.54, 1.807) is 0 Å². The van der Waals surface area contributed by atoms with Gasteiger partial charge in [-0.1, -0.05) is 42.5 Å². The van der Waals surface area contributed by atoms with E-state index in [1.807, 2.05) is 56.3 Å². The molecule has 0 spiro atoms. The number of aliphatic hydroxyl groups is 1. The molecule has 1 heterocycles. The molecule has 2 aromatic rings. The topological polar surface area (TPSA) is 78.4 Å². The van der Waals surface area contributed by atoms with Crippen LogP contribution in [-0.2, 0) is 17.9 Å². The van der Waals surface area contributed by atoms with Crippen molar-refractivity contribution in [2.45, 2.75) is 32.6 Å². The Kier molecular flexibility index (Phi) is 9.34. The van der Waals surface area contributed by atoms with E-state index in [0.29, 0.717) is 32.2 Å². The molecule has 7 heteroatoms. The SMILES string of the molecule is CCNC(=NCc1ccccc1COc1ccccc1)NCC(C)(O)CN1CCOCC1. The van der Waals surface area contributed by atoms with Crippen LogP contribution < -0.4 is 15.4 Å². The molecular formula is C25H36N4O3. The zero-order chi connectivity index (χ0) is 22.7. The maximum Gasteiger partial charge on any atom is 0.191 e. The van der Waals surface area contributed by atoms with Crippen LogP contribution in [0.15, 0.2) is 59.6 Å². The second kappa shape index (κ2) is 12.4. The van der Waals surface area contributed by atoms with E-state index < -0.39 is 5.60 Å². The Bertz CT molecular complexity index is 836. The van der Waals surface area contributed by atoms with Gasteiger partial charge in [-0.3, -0.25) is 4.90 Å². The number of morpholine rings is 1. The Morgan fingerprint density at radius 2 is 1.75 bits per heavy atom. The average molecular weight is 441 g/mol. The predicted molar refractivity (Wildman–Crippen MR) is 128 cm³/mol. The fourth-order valence-corrected chi connectivity index (χ4v) is 3.61. The van der Waals surface area contributed by atoms with Gasteiger partial charge in [0.15, 0.2) is 5.96 Å². The molecule has 0 aromatic heterocycles. The molecular weight excluding hydrogens is 404 g/mol. The largest absolute Gasteiger partial charge is 0.489 e. The van der Waals surface area contributed by atoms with E-state index in [0.717, 1.165) is 49.7 Å². The molecule has 0 aliphatic carbocycles. The molecule has 0 bridgehead atoms. The molecule has 2 aromatic carbocycles. The zero-order valence-electron chi connectivity index (χ0n) is 19.2. The predicted octanol–water partition coefficient (Wildman–Crippen LogP) is 2.40. The Hall–Kier alpha value is -2.61.